The molecular formula is C16H19F3N2O3. The molecule has 0 radical (unpaired) electrons. The van der Waals surface area contributed by atoms with Crippen LogP contribution in [0.2, 0.25) is 0 Å². The molecule has 0 aliphatic carbocycles. The van der Waals surface area contributed by atoms with Crippen LogP contribution in [0.3, 0.4) is 0 Å². The first kappa shape index (κ1) is 18.1. The molecule has 1 aromatic carbocycles. The molecule has 8 heteroatoms. The Balaban J connectivity index is 1.89. The van der Waals surface area contributed by atoms with Crippen molar-refractivity contribution in [3.05, 3.63) is 35.4 Å². The number of hydrogen-bond acceptors (Lipinski definition) is 3. The number of carbonyl (C=O) groups excluding carboxylic acids is 2. The van der Waals surface area contributed by atoms with Crippen molar-refractivity contribution in [2.24, 2.45) is 0 Å². The van der Waals surface area contributed by atoms with Crippen LogP contribution in [0.5, 0.6) is 0 Å². The SMILES string of the molecule is CCOC(=O)NC1CCN(C(=O)c2ccc(C(F)(F)F)cc2)CC1. The van der Waals surface area contributed by atoms with E-state index in [1.807, 2.05) is 0 Å². The second-order valence-corrected chi connectivity index (χ2v) is 5.51. The first-order chi connectivity index (χ1) is 11.3. The fraction of sp³-hybridized carbons (Fsp3) is 0.500. The van der Waals surface area contributed by atoms with Crippen LogP contribution < -0.4 is 5.32 Å². The monoisotopic (exact) mass is 344 g/mol. The van der Waals surface area contributed by atoms with Crippen LogP contribution in [-0.4, -0.2) is 42.6 Å². The highest BCUT2D eigenvalue weighted by atomic mass is 19.4. The van der Waals surface area contributed by atoms with Gasteiger partial charge in [-0.15, -0.1) is 0 Å². The molecule has 0 saturated carbocycles. The lowest BCUT2D eigenvalue weighted by atomic mass is 10.0. The zero-order chi connectivity index (χ0) is 17.7. The summed E-state index contributed by atoms with van der Waals surface area (Å²) in [5, 5.41) is 2.72. The highest BCUT2D eigenvalue weighted by molar-refractivity contribution is 5.94. The predicted octanol–water partition coefficient (Wildman–Crippen LogP) is 3.06. The van der Waals surface area contributed by atoms with E-state index in [1.54, 1.807) is 11.8 Å². The summed E-state index contributed by atoms with van der Waals surface area (Å²) in [5.74, 6) is -0.307. The van der Waals surface area contributed by atoms with Gasteiger partial charge < -0.3 is 15.0 Å². The summed E-state index contributed by atoms with van der Waals surface area (Å²) in [5.41, 5.74) is -0.559. The molecule has 132 valence electrons. The summed E-state index contributed by atoms with van der Waals surface area (Å²) >= 11 is 0. The van der Waals surface area contributed by atoms with E-state index in [0.29, 0.717) is 25.9 Å². The van der Waals surface area contributed by atoms with Crippen LogP contribution in [0, 0.1) is 0 Å². The molecule has 2 amide bonds. The number of alkyl carbamates (subject to hydrolysis) is 1. The Labute approximate surface area is 137 Å². The van der Waals surface area contributed by atoms with Gasteiger partial charge in [0.25, 0.3) is 5.91 Å². The minimum absolute atomic E-state index is 0.0688. The van der Waals surface area contributed by atoms with Gasteiger partial charge in [0.2, 0.25) is 0 Å². The molecule has 24 heavy (non-hydrogen) atoms. The maximum atomic E-state index is 12.5. The van der Waals surface area contributed by atoms with Gasteiger partial charge in [-0.05, 0) is 44.0 Å². The third-order valence-electron chi connectivity index (χ3n) is 3.84. The number of ether oxygens (including phenoxy) is 1. The van der Waals surface area contributed by atoms with Gasteiger partial charge in [-0.3, -0.25) is 4.79 Å². The fourth-order valence-corrected chi connectivity index (χ4v) is 2.55. The number of carbonyl (C=O) groups is 2. The van der Waals surface area contributed by atoms with Crippen LogP contribution in [0.15, 0.2) is 24.3 Å². The van der Waals surface area contributed by atoms with Crippen molar-refractivity contribution in [2.45, 2.75) is 32.0 Å². The second kappa shape index (κ2) is 7.55. The third-order valence-corrected chi connectivity index (χ3v) is 3.84. The Morgan fingerprint density at radius 2 is 1.79 bits per heavy atom. The van der Waals surface area contributed by atoms with E-state index in [0.717, 1.165) is 12.1 Å². The number of amides is 2. The van der Waals surface area contributed by atoms with E-state index in [1.165, 1.54) is 12.1 Å². The summed E-state index contributed by atoms with van der Waals surface area (Å²) in [6.45, 7) is 2.86. The first-order valence-electron chi connectivity index (χ1n) is 7.71. The Hall–Kier alpha value is -2.25. The number of piperidine rings is 1. The van der Waals surface area contributed by atoms with E-state index in [2.05, 4.69) is 5.32 Å². The van der Waals surface area contributed by atoms with Gasteiger partial charge in [0.05, 0.1) is 12.2 Å². The van der Waals surface area contributed by atoms with E-state index >= 15 is 0 Å². The molecular weight excluding hydrogens is 325 g/mol. The Morgan fingerprint density at radius 3 is 2.29 bits per heavy atom. The number of halogens is 3. The van der Waals surface area contributed by atoms with E-state index in [9.17, 15) is 22.8 Å². The molecule has 5 nitrogen and oxygen atoms in total. The van der Waals surface area contributed by atoms with Gasteiger partial charge in [-0.1, -0.05) is 0 Å². The van der Waals surface area contributed by atoms with Crippen molar-refractivity contribution in [1.29, 1.82) is 0 Å². The molecule has 0 bridgehead atoms. The van der Waals surface area contributed by atoms with Gasteiger partial charge in [0.15, 0.2) is 0 Å². The minimum atomic E-state index is -4.42. The van der Waals surface area contributed by atoms with Gasteiger partial charge >= 0.3 is 12.3 Å². The van der Waals surface area contributed by atoms with Crippen molar-refractivity contribution >= 4 is 12.0 Å². The number of rotatable bonds is 3. The van der Waals surface area contributed by atoms with Crippen LogP contribution in [0.25, 0.3) is 0 Å². The highest BCUT2D eigenvalue weighted by Gasteiger charge is 2.31. The zero-order valence-corrected chi connectivity index (χ0v) is 13.2. The van der Waals surface area contributed by atoms with Crippen LogP contribution in [0.4, 0.5) is 18.0 Å². The average Bonchev–Trinajstić information content (AvgIpc) is 2.54. The van der Waals surface area contributed by atoms with Crippen molar-refractivity contribution in [3.63, 3.8) is 0 Å². The third kappa shape index (κ3) is 4.62. The highest BCUT2D eigenvalue weighted by Crippen LogP contribution is 2.29. The summed E-state index contributed by atoms with van der Waals surface area (Å²) in [6, 6.07) is 4.12. The van der Waals surface area contributed by atoms with E-state index in [4.69, 9.17) is 4.74 Å². The quantitative estimate of drug-likeness (QED) is 0.917. The normalized spacial score (nSPS) is 15.9. The molecule has 1 N–H and O–H groups in total. The van der Waals surface area contributed by atoms with E-state index < -0.39 is 17.8 Å². The van der Waals surface area contributed by atoms with Gasteiger partial charge in [-0.2, -0.15) is 13.2 Å². The lowest BCUT2D eigenvalue weighted by molar-refractivity contribution is -0.137. The van der Waals surface area contributed by atoms with Gasteiger partial charge in [0.1, 0.15) is 0 Å². The first-order valence-corrected chi connectivity index (χ1v) is 7.71. The smallest absolute Gasteiger partial charge is 0.416 e. The fourth-order valence-electron chi connectivity index (χ4n) is 2.55. The Bertz CT molecular complexity index is 579. The standard InChI is InChI=1S/C16H19F3N2O3/c1-2-24-15(23)20-13-7-9-21(10-8-13)14(22)11-3-5-12(6-4-11)16(17,18)19/h3-6,13H,2,7-10H2,1H3,(H,20,23). The molecule has 0 atom stereocenters. The summed E-state index contributed by atoms with van der Waals surface area (Å²) in [6.07, 6.45) is -3.75. The van der Waals surface area contributed by atoms with Crippen molar-refractivity contribution in [2.75, 3.05) is 19.7 Å². The maximum absolute atomic E-state index is 12.5. The number of nitrogens with zero attached hydrogens (tertiary/aromatic N) is 1. The van der Waals surface area contributed by atoms with Gasteiger partial charge in [0, 0.05) is 24.7 Å². The van der Waals surface area contributed by atoms with Crippen molar-refractivity contribution in [1.82, 2.24) is 10.2 Å². The molecule has 1 fully saturated rings. The Kier molecular flexibility index (Phi) is 5.69. The van der Waals surface area contributed by atoms with Crippen molar-refractivity contribution in [3.8, 4) is 0 Å². The summed E-state index contributed by atoms with van der Waals surface area (Å²) in [4.78, 5) is 25.3. The lowest BCUT2D eigenvalue weighted by Gasteiger charge is -2.32. The molecule has 1 aromatic rings. The number of likely N-dealkylation sites (tertiary alicyclic amines) is 1. The number of hydrogen-bond donors (Lipinski definition) is 1. The number of benzene rings is 1. The number of nitrogens with one attached hydrogen (secondary N) is 1. The summed E-state index contributed by atoms with van der Waals surface area (Å²) in [7, 11) is 0. The topological polar surface area (TPSA) is 58.6 Å². The van der Waals surface area contributed by atoms with Crippen LogP contribution in [0.1, 0.15) is 35.7 Å². The lowest BCUT2D eigenvalue weighted by Crippen LogP contribution is -2.46. The second-order valence-electron chi connectivity index (χ2n) is 5.51. The number of alkyl halides is 3. The van der Waals surface area contributed by atoms with Gasteiger partial charge in [-0.25, -0.2) is 4.79 Å². The molecule has 0 spiro atoms. The maximum Gasteiger partial charge on any atom is 0.416 e. The van der Waals surface area contributed by atoms with Crippen LogP contribution >= 0.6 is 0 Å². The largest absolute Gasteiger partial charge is 0.450 e. The molecule has 0 aromatic heterocycles. The molecule has 1 aliphatic heterocycles. The Morgan fingerprint density at radius 1 is 1.21 bits per heavy atom. The average molecular weight is 344 g/mol. The van der Waals surface area contributed by atoms with Crippen molar-refractivity contribution < 1.29 is 27.5 Å². The minimum Gasteiger partial charge on any atom is -0.450 e. The molecule has 1 heterocycles. The van der Waals surface area contributed by atoms with E-state index in [-0.39, 0.29) is 24.1 Å². The predicted molar refractivity (Wildman–Crippen MR) is 80.5 cm³/mol. The van der Waals surface area contributed by atoms with Crippen LogP contribution in [-0.2, 0) is 10.9 Å². The molecule has 0 unspecified atom stereocenters. The summed E-state index contributed by atoms with van der Waals surface area (Å²) < 4.78 is 42.4. The zero-order valence-electron chi connectivity index (χ0n) is 13.2. The molecule has 1 saturated heterocycles. The molecule has 2 rings (SSSR count). The molecule has 1 aliphatic rings.